The fourth-order valence-corrected chi connectivity index (χ4v) is 2.69. The van der Waals surface area contributed by atoms with Gasteiger partial charge >= 0.3 is 0 Å². The molecule has 1 unspecified atom stereocenters. The summed E-state index contributed by atoms with van der Waals surface area (Å²) in [6, 6.07) is 11.8. The van der Waals surface area contributed by atoms with Crippen LogP contribution >= 0.6 is 15.9 Å². The fraction of sp³-hybridized carbons (Fsp3) is 0. The number of aromatic hydroxyl groups is 1. The summed E-state index contributed by atoms with van der Waals surface area (Å²) in [5, 5.41) is 9.30. The largest absolute Gasteiger partial charge is 0.606 e. The van der Waals surface area contributed by atoms with Crippen LogP contribution in [-0.4, -0.2) is 9.66 Å². The highest BCUT2D eigenvalue weighted by Gasteiger charge is 2.15. The Labute approximate surface area is 111 Å². The third-order valence-electron chi connectivity index (χ3n) is 2.24. The molecule has 2 rings (SSSR count). The molecule has 0 aromatic heterocycles. The number of nitrogen functional groups attached to an aromatic ring is 1. The summed E-state index contributed by atoms with van der Waals surface area (Å²) in [6.45, 7) is 0. The van der Waals surface area contributed by atoms with Gasteiger partial charge in [-0.15, -0.1) is 0 Å². The summed E-state index contributed by atoms with van der Waals surface area (Å²) in [4.78, 5) is 1.26. The Morgan fingerprint density at radius 1 is 1.06 bits per heavy atom. The second-order valence-corrected chi connectivity index (χ2v) is 5.84. The summed E-state index contributed by atoms with van der Waals surface area (Å²) in [5.41, 5.74) is 5.80. The molecule has 0 saturated carbocycles. The van der Waals surface area contributed by atoms with Gasteiger partial charge < -0.3 is 15.4 Å². The molecule has 17 heavy (non-hydrogen) atoms. The van der Waals surface area contributed by atoms with E-state index in [0.29, 0.717) is 9.79 Å². The first-order chi connectivity index (χ1) is 8.08. The zero-order chi connectivity index (χ0) is 12.4. The van der Waals surface area contributed by atoms with Crippen molar-refractivity contribution < 1.29 is 9.66 Å². The van der Waals surface area contributed by atoms with Gasteiger partial charge in [0.15, 0.2) is 9.79 Å². The van der Waals surface area contributed by atoms with Crippen LogP contribution in [0.2, 0.25) is 0 Å². The van der Waals surface area contributed by atoms with Crippen LogP contribution in [0.1, 0.15) is 0 Å². The lowest BCUT2D eigenvalue weighted by Crippen LogP contribution is -2.02. The van der Waals surface area contributed by atoms with E-state index in [2.05, 4.69) is 15.9 Å². The van der Waals surface area contributed by atoms with Crippen molar-refractivity contribution in [1.29, 1.82) is 0 Å². The Bertz CT molecular complexity index is 531. The molecule has 88 valence electrons. The maximum absolute atomic E-state index is 12.2. The molecule has 3 N–H and O–H groups in total. The lowest BCUT2D eigenvalue weighted by atomic mass is 10.3. The van der Waals surface area contributed by atoms with Gasteiger partial charge in [0.2, 0.25) is 0 Å². The van der Waals surface area contributed by atoms with Crippen molar-refractivity contribution in [2.24, 2.45) is 0 Å². The summed E-state index contributed by atoms with van der Waals surface area (Å²) in [7, 11) is 0. The normalized spacial score (nSPS) is 12.4. The van der Waals surface area contributed by atoms with E-state index < -0.39 is 11.2 Å². The average molecular weight is 312 g/mol. The summed E-state index contributed by atoms with van der Waals surface area (Å²) >= 11 is 2.03. The highest BCUT2D eigenvalue weighted by atomic mass is 79.9. The van der Waals surface area contributed by atoms with Gasteiger partial charge in [-0.2, -0.15) is 0 Å². The number of anilines is 1. The Kier molecular flexibility index (Phi) is 3.61. The Balaban J connectivity index is 2.33. The second kappa shape index (κ2) is 5.00. The van der Waals surface area contributed by atoms with E-state index in [9.17, 15) is 9.66 Å². The minimum atomic E-state index is -1.29. The van der Waals surface area contributed by atoms with Crippen LogP contribution in [0.4, 0.5) is 5.69 Å². The molecule has 1 atom stereocenters. The molecule has 0 aliphatic rings. The van der Waals surface area contributed by atoms with Crippen molar-refractivity contribution in [3.63, 3.8) is 0 Å². The Morgan fingerprint density at radius 2 is 1.65 bits per heavy atom. The molecule has 0 aliphatic heterocycles. The monoisotopic (exact) mass is 311 g/mol. The number of hydrogen-bond donors (Lipinski definition) is 2. The molecule has 0 bridgehead atoms. The predicted octanol–water partition coefficient (Wildman–Crippen LogP) is 2.90. The highest BCUT2D eigenvalue weighted by Crippen LogP contribution is 2.27. The minimum absolute atomic E-state index is 0.00144. The third kappa shape index (κ3) is 2.74. The second-order valence-electron chi connectivity index (χ2n) is 3.44. The molecular formula is C12H10BrNO2S. The lowest BCUT2D eigenvalue weighted by molar-refractivity contribution is 0.477. The van der Waals surface area contributed by atoms with Crippen LogP contribution in [0.5, 0.6) is 5.75 Å². The van der Waals surface area contributed by atoms with E-state index >= 15 is 0 Å². The van der Waals surface area contributed by atoms with Crippen LogP contribution < -0.4 is 5.73 Å². The molecule has 0 spiro atoms. The van der Waals surface area contributed by atoms with Gasteiger partial charge in [-0.05, 0) is 36.4 Å². The third-order valence-corrected chi connectivity index (χ3v) is 4.15. The fourth-order valence-electron chi connectivity index (χ4n) is 1.34. The van der Waals surface area contributed by atoms with Gasteiger partial charge in [0.25, 0.3) is 0 Å². The zero-order valence-electron chi connectivity index (χ0n) is 8.76. The zero-order valence-corrected chi connectivity index (χ0v) is 11.2. The minimum Gasteiger partial charge on any atom is -0.606 e. The van der Waals surface area contributed by atoms with Gasteiger partial charge in [-0.1, -0.05) is 15.9 Å². The highest BCUT2D eigenvalue weighted by molar-refractivity contribution is 9.10. The Hall–Kier alpha value is -1.17. The van der Waals surface area contributed by atoms with Gasteiger partial charge in [-0.25, -0.2) is 0 Å². The van der Waals surface area contributed by atoms with Crippen molar-refractivity contribution in [2.75, 3.05) is 5.73 Å². The standard InChI is InChI=1S/C12H10BrNO2S/c13-8-1-3-9(4-2-8)17(16)10-5-6-12(15)11(14)7-10/h1-7,15H,14H2. The number of phenols is 1. The SMILES string of the molecule is Nc1cc([S+]([O-])c2ccc(Br)cc2)ccc1O. The number of benzene rings is 2. The van der Waals surface area contributed by atoms with E-state index in [1.807, 2.05) is 12.1 Å². The van der Waals surface area contributed by atoms with Crippen molar-refractivity contribution in [3.05, 3.63) is 46.9 Å². The van der Waals surface area contributed by atoms with Crippen molar-refractivity contribution >= 4 is 32.8 Å². The molecule has 0 fully saturated rings. The smallest absolute Gasteiger partial charge is 0.160 e. The van der Waals surface area contributed by atoms with E-state index in [1.54, 1.807) is 18.2 Å². The van der Waals surface area contributed by atoms with Gasteiger partial charge in [0.05, 0.1) is 5.69 Å². The summed E-state index contributed by atoms with van der Waals surface area (Å²) < 4.78 is 13.1. The number of rotatable bonds is 2. The van der Waals surface area contributed by atoms with Gasteiger partial charge in [0, 0.05) is 21.7 Å². The van der Waals surface area contributed by atoms with E-state index in [0.717, 1.165) is 4.47 Å². The maximum Gasteiger partial charge on any atom is 0.160 e. The summed E-state index contributed by atoms with van der Waals surface area (Å²) in [5.74, 6) is 0.00144. The first-order valence-corrected chi connectivity index (χ1v) is 6.78. The first-order valence-electron chi connectivity index (χ1n) is 4.84. The maximum atomic E-state index is 12.2. The van der Waals surface area contributed by atoms with E-state index in [-0.39, 0.29) is 11.4 Å². The number of hydrogen-bond acceptors (Lipinski definition) is 3. The van der Waals surface area contributed by atoms with Gasteiger partial charge in [-0.3, -0.25) is 0 Å². The van der Waals surface area contributed by atoms with E-state index in [4.69, 9.17) is 5.73 Å². The number of nitrogens with two attached hydrogens (primary N) is 1. The van der Waals surface area contributed by atoms with Crippen molar-refractivity contribution in [2.45, 2.75) is 9.79 Å². The first kappa shape index (κ1) is 12.3. The lowest BCUT2D eigenvalue weighted by Gasteiger charge is -2.10. The topological polar surface area (TPSA) is 69.3 Å². The average Bonchev–Trinajstić information content (AvgIpc) is 2.33. The summed E-state index contributed by atoms with van der Waals surface area (Å²) in [6.07, 6.45) is 0. The van der Waals surface area contributed by atoms with Crippen molar-refractivity contribution in [3.8, 4) is 5.75 Å². The van der Waals surface area contributed by atoms with Crippen LogP contribution in [0.3, 0.4) is 0 Å². The molecule has 2 aromatic rings. The molecule has 3 nitrogen and oxygen atoms in total. The van der Waals surface area contributed by atoms with E-state index in [1.165, 1.54) is 12.1 Å². The van der Waals surface area contributed by atoms with Crippen LogP contribution in [0.15, 0.2) is 56.7 Å². The quantitative estimate of drug-likeness (QED) is 0.509. The molecule has 5 heteroatoms. The predicted molar refractivity (Wildman–Crippen MR) is 71.3 cm³/mol. The van der Waals surface area contributed by atoms with Crippen molar-refractivity contribution in [1.82, 2.24) is 0 Å². The molecule has 0 amide bonds. The number of halogens is 1. The molecule has 2 aromatic carbocycles. The Morgan fingerprint density at radius 3 is 2.24 bits per heavy atom. The molecular weight excluding hydrogens is 302 g/mol. The molecule has 0 saturated heterocycles. The van der Waals surface area contributed by atoms with Gasteiger partial charge in [0.1, 0.15) is 5.75 Å². The number of phenolic OH excluding ortho intramolecular Hbond substituents is 1. The van der Waals surface area contributed by atoms with Crippen LogP contribution in [0, 0.1) is 0 Å². The molecule has 0 radical (unpaired) electrons. The molecule has 0 heterocycles. The van der Waals surface area contributed by atoms with Crippen LogP contribution in [0.25, 0.3) is 0 Å². The van der Waals surface area contributed by atoms with Crippen LogP contribution in [-0.2, 0) is 11.2 Å². The molecule has 0 aliphatic carbocycles.